The quantitative estimate of drug-likeness (QED) is 0.631. The van der Waals surface area contributed by atoms with Gasteiger partial charge in [0.15, 0.2) is 0 Å². The van der Waals surface area contributed by atoms with Crippen molar-refractivity contribution in [2.24, 2.45) is 0 Å². The van der Waals surface area contributed by atoms with Crippen molar-refractivity contribution in [3.05, 3.63) is 69.8 Å². The number of hydrogen-bond acceptors (Lipinski definition) is 0. The molecule has 0 saturated heterocycles. The van der Waals surface area contributed by atoms with Crippen LogP contribution in [0.3, 0.4) is 0 Å². The lowest BCUT2D eigenvalue weighted by molar-refractivity contribution is 0.859. The Morgan fingerprint density at radius 1 is 0.667 bits per heavy atom. The summed E-state index contributed by atoms with van der Waals surface area (Å²) in [5, 5.41) is 0. The summed E-state index contributed by atoms with van der Waals surface area (Å²) < 4.78 is 0. The monoisotopic (exact) mass is 280 g/mol. The minimum Gasteiger partial charge on any atom is -0.0588 e. The molecule has 0 spiro atoms. The van der Waals surface area contributed by atoms with Crippen LogP contribution in [0.2, 0.25) is 0 Å². The zero-order valence-electron chi connectivity index (χ0n) is 14.3. The lowest BCUT2D eigenvalue weighted by Gasteiger charge is -2.14. The van der Waals surface area contributed by atoms with Crippen LogP contribution in [0, 0.1) is 13.8 Å². The van der Waals surface area contributed by atoms with Crippen molar-refractivity contribution in [2.75, 3.05) is 0 Å². The van der Waals surface area contributed by atoms with Crippen molar-refractivity contribution in [3.63, 3.8) is 0 Å². The van der Waals surface area contributed by atoms with Gasteiger partial charge in [-0.25, -0.2) is 0 Å². The average Bonchev–Trinajstić information content (AvgIpc) is 2.42. The molecule has 0 heterocycles. The Labute approximate surface area is 130 Å². The normalized spacial score (nSPS) is 11.4. The molecular formula is C21H28. The molecule has 0 unspecified atom stereocenters. The zero-order valence-corrected chi connectivity index (χ0v) is 14.3. The van der Waals surface area contributed by atoms with E-state index in [1.54, 1.807) is 0 Å². The summed E-state index contributed by atoms with van der Waals surface area (Å²) in [6.07, 6.45) is 1.04. The third kappa shape index (κ3) is 3.75. The fraction of sp³-hybridized carbons (Fsp3) is 0.429. The van der Waals surface area contributed by atoms with E-state index in [0.717, 1.165) is 6.42 Å². The minimum atomic E-state index is 0.591. The number of rotatable bonds is 4. The van der Waals surface area contributed by atoms with Gasteiger partial charge < -0.3 is 0 Å². The molecule has 0 aliphatic heterocycles. The van der Waals surface area contributed by atoms with Crippen molar-refractivity contribution < 1.29 is 0 Å². The van der Waals surface area contributed by atoms with Crippen LogP contribution in [-0.4, -0.2) is 0 Å². The van der Waals surface area contributed by atoms with Crippen LogP contribution in [0.25, 0.3) is 0 Å². The molecule has 0 atom stereocenters. The van der Waals surface area contributed by atoms with Gasteiger partial charge in [-0.05, 0) is 65.5 Å². The van der Waals surface area contributed by atoms with Gasteiger partial charge in [0.05, 0.1) is 0 Å². The van der Waals surface area contributed by atoms with Crippen LogP contribution in [0.1, 0.15) is 72.9 Å². The van der Waals surface area contributed by atoms with Gasteiger partial charge in [0, 0.05) is 0 Å². The SMILES string of the molecule is Cc1cc(C(C)C)ccc1Cc1cc(C(C)C)ccc1C. The van der Waals surface area contributed by atoms with Crippen LogP contribution in [0.4, 0.5) is 0 Å². The van der Waals surface area contributed by atoms with Crippen LogP contribution in [-0.2, 0) is 6.42 Å². The van der Waals surface area contributed by atoms with E-state index < -0.39 is 0 Å². The maximum Gasteiger partial charge on any atom is -0.00204 e. The molecule has 0 radical (unpaired) electrons. The van der Waals surface area contributed by atoms with Crippen molar-refractivity contribution in [2.45, 2.75) is 59.8 Å². The van der Waals surface area contributed by atoms with Gasteiger partial charge in [-0.15, -0.1) is 0 Å². The molecule has 0 aliphatic rings. The molecule has 0 heteroatoms. The van der Waals surface area contributed by atoms with E-state index in [1.807, 2.05) is 0 Å². The minimum absolute atomic E-state index is 0.591. The summed E-state index contributed by atoms with van der Waals surface area (Å²) >= 11 is 0. The van der Waals surface area contributed by atoms with E-state index in [2.05, 4.69) is 77.9 Å². The Morgan fingerprint density at radius 2 is 1.24 bits per heavy atom. The molecular weight excluding hydrogens is 252 g/mol. The molecule has 0 amide bonds. The molecule has 0 saturated carbocycles. The van der Waals surface area contributed by atoms with Gasteiger partial charge in [0.2, 0.25) is 0 Å². The lowest BCUT2D eigenvalue weighted by atomic mass is 9.91. The first-order valence-corrected chi connectivity index (χ1v) is 8.07. The summed E-state index contributed by atoms with van der Waals surface area (Å²) in [7, 11) is 0. The van der Waals surface area contributed by atoms with E-state index in [1.165, 1.54) is 33.4 Å². The second-order valence-corrected chi connectivity index (χ2v) is 6.86. The predicted octanol–water partition coefficient (Wildman–Crippen LogP) is 6.14. The Bertz CT molecular complexity index is 618. The van der Waals surface area contributed by atoms with Crippen molar-refractivity contribution in [1.29, 1.82) is 0 Å². The number of hydrogen-bond donors (Lipinski definition) is 0. The zero-order chi connectivity index (χ0) is 15.6. The topological polar surface area (TPSA) is 0 Å². The van der Waals surface area contributed by atoms with Gasteiger partial charge in [0.1, 0.15) is 0 Å². The molecule has 0 nitrogen and oxygen atoms in total. The van der Waals surface area contributed by atoms with Gasteiger partial charge >= 0.3 is 0 Å². The van der Waals surface area contributed by atoms with Gasteiger partial charge in [-0.1, -0.05) is 64.1 Å². The maximum atomic E-state index is 2.38. The van der Waals surface area contributed by atoms with E-state index in [0.29, 0.717) is 11.8 Å². The smallest absolute Gasteiger partial charge is 0.00204 e. The second-order valence-electron chi connectivity index (χ2n) is 6.86. The van der Waals surface area contributed by atoms with Gasteiger partial charge in [-0.2, -0.15) is 0 Å². The Balaban J connectivity index is 2.32. The molecule has 21 heavy (non-hydrogen) atoms. The van der Waals surface area contributed by atoms with Crippen molar-refractivity contribution in [1.82, 2.24) is 0 Å². The molecule has 0 bridgehead atoms. The fourth-order valence-electron chi connectivity index (χ4n) is 2.72. The van der Waals surface area contributed by atoms with Crippen molar-refractivity contribution in [3.8, 4) is 0 Å². The third-order valence-electron chi connectivity index (χ3n) is 4.45. The summed E-state index contributed by atoms with van der Waals surface area (Å²) in [6, 6.07) is 13.9. The van der Waals surface area contributed by atoms with Crippen molar-refractivity contribution >= 4 is 0 Å². The van der Waals surface area contributed by atoms with Crippen LogP contribution in [0.5, 0.6) is 0 Å². The molecule has 0 N–H and O–H groups in total. The Kier molecular flexibility index (Phi) is 4.88. The largest absolute Gasteiger partial charge is 0.0588 e. The summed E-state index contributed by atoms with van der Waals surface area (Å²) in [5.74, 6) is 1.19. The average molecular weight is 280 g/mol. The third-order valence-corrected chi connectivity index (χ3v) is 4.45. The summed E-state index contributed by atoms with van der Waals surface area (Å²) in [5.41, 5.74) is 8.59. The van der Waals surface area contributed by atoms with E-state index in [9.17, 15) is 0 Å². The molecule has 2 aromatic rings. The first-order valence-electron chi connectivity index (χ1n) is 8.07. The van der Waals surface area contributed by atoms with Gasteiger partial charge in [0.25, 0.3) is 0 Å². The highest BCUT2D eigenvalue weighted by Crippen LogP contribution is 2.24. The highest BCUT2D eigenvalue weighted by Gasteiger charge is 2.08. The van der Waals surface area contributed by atoms with E-state index >= 15 is 0 Å². The number of aryl methyl sites for hydroxylation is 2. The first-order chi connectivity index (χ1) is 9.88. The van der Waals surface area contributed by atoms with E-state index in [4.69, 9.17) is 0 Å². The lowest BCUT2D eigenvalue weighted by Crippen LogP contribution is -1.99. The molecule has 0 aliphatic carbocycles. The predicted molar refractivity (Wildman–Crippen MR) is 93.3 cm³/mol. The highest BCUT2D eigenvalue weighted by atomic mass is 14.1. The first kappa shape index (κ1) is 15.8. The van der Waals surface area contributed by atoms with E-state index in [-0.39, 0.29) is 0 Å². The van der Waals surface area contributed by atoms with Gasteiger partial charge in [-0.3, -0.25) is 0 Å². The molecule has 2 aromatic carbocycles. The molecule has 112 valence electrons. The number of benzene rings is 2. The van der Waals surface area contributed by atoms with Crippen LogP contribution in [0.15, 0.2) is 36.4 Å². The summed E-state index contributed by atoms with van der Waals surface area (Å²) in [6.45, 7) is 13.5. The van der Waals surface area contributed by atoms with Crippen LogP contribution >= 0.6 is 0 Å². The molecule has 0 aromatic heterocycles. The molecule has 0 fully saturated rings. The Morgan fingerprint density at radius 3 is 1.81 bits per heavy atom. The standard InChI is InChI=1S/C21H28/c1-14(2)18-9-10-20(17(6)11-18)13-21-12-19(15(3)4)8-7-16(21)5/h7-12,14-15H,13H2,1-6H3. The second kappa shape index (κ2) is 6.47. The maximum absolute atomic E-state index is 2.38. The molecule has 2 rings (SSSR count). The summed E-state index contributed by atoms with van der Waals surface area (Å²) in [4.78, 5) is 0. The fourth-order valence-corrected chi connectivity index (χ4v) is 2.72. The Hall–Kier alpha value is -1.56. The van der Waals surface area contributed by atoms with Crippen LogP contribution < -0.4 is 0 Å². The highest BCUT2D eigenvalue weighted by molar-refractivity contribution is 5.40.